The van der Waals surface area contributed by atoms with Gasteiger partial charge in [0.1, 0.15) is 0 Å². The van der Waals surface area contributed by atoms with Crippen molar-refractivity contribution in [1.82, 2.24) is 0 Å². The van der Waals surface area contributed by atoms with Crippen LogP contribution in [0.3, 0.4) is 0 Å². The molecule has 7 heteroatoms. The van der Waals surface area contributed by atoms with Gasteiger partial charge in [0.25, 0.3) is 5.69 Å². The number of hydrogen-bond donors (Lipinski definition) is 1. The number of hydrogen-bond acceptors (Lipinski definition) is 5. The topological polar surface area (TPSA) is 87.6 Å². The molecule has 1 saturated carbocycles. The lowest BCUT2D eigenvalue weighted by atomic mass is 10.0. The van der Waals surface area contributed by atoms with Crippen LogP contribution in [-0.4, -0.2) is 11.7 Å². The summed E-state index contributed by atoms with van der Waals surface area (Å²) in [7, 11) is 0. The van der Waals surface area contributed by atoms with E-state index in [2.05, 4.69) is 0 Å². The van der Waals surface area contributed by atoms with Gasteiger partial charge in [-0.2, -0.15) is 0 Å². The summed E-state index contributed by atoms with van der Waals surface area (Å²) in [6.45, 7) is 0.106. The molecule has 0 amide bonds. The lowest BCUT2D eigenvalue weighted by Crippen LogP contribution is -2.14. The molecular formula is C11H13ClN2O4. The van der Waals surface area contributed by atoms with E-state index >= 15 is 0 Å². The number of ether oxygens (including phenoxy) is 2. The number of rotatable bonds is 3. The third kappa shape index (κ3) is 2.09. The smallest absolute Gasteiger partial charge is 0.278 e. The van der Waals surface area contributed by atoms with Gasteiger partial charge in [0, 0.05) is 6.04 Å². The number of benzene rings is 1. The molecule has 1 aliphatic carbocycles. The fraction of sp³-hybridized carbons (Fsp3) is 0.455. The number of nitrogens with two attached hydrogens (primary N) is 1. The Bertz CT molecular complexity index is 490. The van der Waals surface area contributed by atoms with Gasteiger partial charge < -0.3 is 15.2 Å². The summed E-state index contributed by atoms with van der Waals surface area (Å²) in [5, 5.41) is 11.0. The van der Waals surface area contributed by atoms with Gasteiger partial charge in [0.05, 0.1) is 16.6 Å². The molecule has 2 aliphatic rings. The van der Waals surface area contributed by atoms with Crippen LogP contribution in [-0.2, 0) is 0 Å². The second kappa shape index (κ2) is 4.62. The van der Waals surface area contributed by atoms with Crippen molar-refractivity contribution < 1.29 is 14.4 Å². The van der Waals surface area contributed by atoms with Gasteiger partial charge in [0.15, 0.2) is 11.5 Å². The molecule has 0 saturated heterocycles. The normalized spacial score (nSPS) is 18.1. The first-order valence-corrected chi connectivity index (χ1v) is 5.50. The first kappa shape index (κ1) is 12.9. The molecule has 2 N–H and O–H groups in total. The number of fused-ring (bicyclic) bond motifs is 1. The molecule has 1 fully saturated rings. The summed E-state index contributed by atoms with van der Waals surface area (Å²) in [6.07, 6.45) is 2.07. The van der Waals surface area contributed by atoms with Gasteiger partial charge in [-0.05, 0) is 24.8 Å². The Morgan fingerprint density at radius 3 is 2.50 bits per heavy atom. The minimum Gasteiger partial charge on any atom is -0.454 e. The Morgan fingerprint density at radius 2 is 1.94 bits per heavy atom. The molecule has 1 aliphatic heterocycles. The lowest BCUT2D eigenvalue weighted by molar-refractivity contribution is -0.385. The maximum atomic E-state index is 11.0. The molecule has 18 heavy (non-hydrogen) atoms. The summed E-state index contributed by atoms with van der Waals surface area (Å²) in [6, 6.07) is 2.76. The van der Waals surface area contributed by atoms with Crippen LogP contribution in [0.5, 0.6) is 11.5 Å². The number of nitrogens with zero attached hydrogens (tertiary/aromatic N) is 1. The van der Waals surface area contributed by atoms with Crippen molar-refractivity contribution in [2.24, 2.45) is 11.7 Å². The zero-order valence-electron chi connectivity index (χ0n) is 9.50. The van der Waals surface area contributed by atoms with E-state index in [0.29, 0.717) is 23.0 Å². The largest absolute Gasteiger partial charge is 0.454 e. The fourth-order valence-corrected chi connectivity index (χ4v) is 2.08. The summed E-state index contributed by atoms with van der Waals surface area (Å²) >= 11 is 0. The number of halogens is 1. The minimum absolute atomic E-state index is 0. The number of nitro benzene ring substituents is 1. The van der Waals surface area contributed by atoms with Crippen molar-refractivity contribution in [2.45, 2.75) is 18.9 Å². The standard InChI is InChI=1S/C11H12N2O4.ClH/c12-11(6-1-2-6)7-3-9-10(17-5-16-9)4-8(7)13(14)15;/h3-4,6,11H,1-2,5,12H2;1H/t11-;/m0./s1. The summed E-state index contributed by atoms with van der Waals surface area (Å²) in [4.78, 5) is 10.6. The van der Waals surface area contributed by atoms with Crippen molar-refractivity contribution in [3.05, 3.63) is 27.8 Å². The second-order valence-electron chi connectivity index (χ2n) is 4.38. The first-order chi connectivity index (χ1) is 8.16. The SMILES string of the molecule is Cl.N[C@H](c1cc2c(cc1[N+](=O)[O-])OCO2)C1CC1. The molecular weight excluding hydrogens is 260 g/mol. The van der Waals surface area contributed by atoms with Crippen LogP contribution < -0.4 is 15.2 Å². The predicted molar refractivity (Wildman–Crippen MR) is 66.1 cm³/mol. The molecule has 3 rings (SSSR count). The molecule has 98 valence electrons. The number of nitro groups is 1. The molecule has 0 radical (unpaired) electrons. The quantitative estimate of drug-likeness (QED) is 0.673. The van der Waals surface area contributed by atoms with Crippen LogP contribution in [0, 0.1) is 16.0 Å². The average Bonchev–Trinajstić information content (AvgIpc) is 3.05. The lowest BCUT2D eigenvalue weighted by Gasteiger charge is -2.11. The third-order valence-electron chi connectivity index (χ3n) is 3.21. The van der Waals surface area contributed by atoms with Gasteiger partial charge in [-0.1, -0.05) is 0 Å². The van der Waals surface area contributed by atoms with Crippen molar-refractivity contribution in [3.63, 3.8) is 0 Å². The zero-order valence-corrected chi connectivity index (χ0v) is 10.3. The molecule has 0 unspecified atom stereocenters. The molecule has 6 nitrogen and oxygen atoms in total. The van der Waals surface area contributed by atoms with Crippen LogP contribution in [0.15, 0.2) is 12.1 Å². The van der Waals surface area contributed by atoms with E-state index in [4.69, 9.17) is 15.2 Å². The van der Waals surface area contributed by atoms with Crippen LogP contribution in [0.25, 0.3) is 0 Å². The highest BCUT2D eigenvalue weighted by molar-refractivity contribution is 5.85. The van der Waals surface area contributed by atoms with Gasteiger partial charge >= 0.3 is 0 Å². The van der Waals surface area contributed by atoms with Gasteiger partial charge in [-0.3, -0.25) is 10.1 Å². The van der Waals surface area contributed by atoms with Crippen LogP contribution in [0.2, 0.25) is 0 Å². The van der Waals surface area contributed by atoms with E-state index in [1.54, 1.807) is 6.07 Å². The zero-order chi connectivity index (χ0) is 12.0. The second-order valence-corrected chi connectivity index (χ2v) is 4.38. The van der Waals surface area contributed by atoms with E-state index in [0.717, 1.165) is 12.8 Å². The third-order valence-corrected chi connectivity index (χ3v) is 3.21. The Morgan fingerprint density at radius 1 is 1.33 bits per heavy atom. The summed E-state index contributed by atoms with van der Waals surface area (Å²) in [5.74, 6) is 1.32. The highest BCUT2D eigenvalue weighted by Gasteiger charge is 2.35. The molecule has 0 bridgehead atoms. The fourth-order valence-electron chi connectivity index (χ4n) is 2.08. The average molecular weight is 273 g/mol. The minimum atomic E-state index is -0.417. The first-order valence-electron chi connectivity index (χ1n) is 5.50. The van der Waals surface area contributed by atoms with Crippen LogP contribution in [0.4, 0.5) is 5.69 Å². The van der Waals surface area contributed by atoms with Crippen molar-refractivity contribution in [2.75, 3.05) is 6.79 Å². The van der Waals surface area contributed by atoms with Crippen molar-refractivity contribution in [3.8, 4) is 11.5 Å². The summed E-state index contributed by atoms with van der Waals surface area (Å²) < 4.78 is 10.4. The molecule has 0 aromatic heterocycles. The van der Waals surface area contributed by atoms with Crippen LogP contribution >= 0.6 is 12.4 Å². The van der Waals surface area contributed by atoms with E-state index in [1.165, 1.54) is 6.07 Å². The molecule has 1 heterocycles. The molecule has 0 spiro atoms. The van der Waals surface area contributed by atoms with Crippen molar-refractivity contribution in [1.29, 1.82) is 0 Å². The monoisotopic (exact) mass is 272 g/mol. The highest BCUT2D eigenvalue weighted by atomic mass is 35.5. The molecule has 1 atom stereocenters. The van der Waals surface area contributed by atoms with Gasteiger partial charge in [0.2, 0.25) is 6.79 Å². The van der Waals surface area contributed by atoms with Gasteiger partial charge in [-0.15, -0.1) is 12.4 Å². The molecule has 1 aromatic carbocycles. The Labute approximate surface area is 110 Å². The van der Waals surface area contributed by atoms with E-state index in [9.17, 15) is 10.1 Å². The predicted octanol–water partition coefficient (Wildman–Crippen LogP) is 2.16. The van der Waals surface area contributed by atoms with Crippen LogP contribution in [0.1, 0.15) is 24.4 Å². The summed E-state index contributed by atoms with van der Waals surface area (Å²) in [5.41, 5.74) is 6.60. The Hall–Kier alpha value is -1.53. The van der Waals surface area contributed by atoms with E-state index in [1.807, 2.05) is 0 Å². The van der Waals surface area contributed by atoms with Gasteiger partial charge in [-0.25, -0.2) is 0 Å². The maximum absolute atomic E-state index is 11.0. The Kier molecular flexibility index (Phi) is 3.32. The highest BCUT2D eigenvalue weighted by Crippen LogP contribution is 2.46. The van der Waals surface area contributed by atoms with E-state index in [-0.39, 0.29) is 30.9 Å². The van der Waals surface area contributed by atoms with E-state index < -0.39 is 4.92 Å². The van der Waals surface area contributed by atoms with Crippen molar-refractivity contribution >= 4 is 18.1 Å². The molecule has 1 aromatic rings. The maximum Gasteiger partial charge on any atom is 0.278 e. The Balaban J connectivity index is 0.00000120.